The molecule has 0 aromatic carbocycles. The number of aliphatic hydroxyl groups excluding tert-OH is 1. The molecule has 1 rings (SSSR count). The van der Waals surface area contributed by atoms with Crippen LogP contribution < -0.4 is 0 Å². The van der Waals surface area contributed by atoms with E-state index in [9.17, 15) is 4.79 Å². The molecule has 2 unspecified atom stereocenters. The number of piperidine rings is 1. The molecule has 1 fully saturated rings. The van der Waals surface area contributed by atoms with Gasteiger partial charge >= 0.3 is 0 Å². The Morgan fingerprint density at radius 3 is 2.69 bits per heavy atom. The van der Waals surface area contributed by atoms with Gasteiger partial charge in [0.05, 0.1) is 6.61 Å². The first-order valence-corrected chi connectivity index (χ1v) is 4.54. The Balaban J connectivity index is 0.00000144. The fourth-order valence-corrected chi connectivity index (χ4v) is 1.71. The molecule has 4 heteroatoms. The van der Waals surface area contributed by atoms with E-state index in [0.29, 0.717) is 24.8 Å². The topological polar surface area (TPSA) is 40.5 Å². The van der Waals surface area contributed by atoms with E-state index >= 15 is 0 Å². The average Bonchev–Trinajstić information content (AvgIpc) is 2.07. The predicted molar refractivity (Wildman–Crippen MR) is 54.2 cm³/mol. The maximum atomic E-state index is 11.3. The van der Waals surface area contributed by atoms with Gasteiger partial charge in [0.1, 0.15) is 5.78 Å². The quantitative estimate of drug-likeness (QED) is 0.725. The maximum absolute atomic E-state index is 11.3. The summed E-state index contributed by atoms with van der Waals surface area (Å²) in [5, 5.41) is 8.76. The van der Waals surface area contributed by atoms with Crippen LogP contribution in [-0.2, 0) is 4.79 Å². The summed E-state index contributed by atoms with van der Waals surface area (Å²) in [7, 11) is 0. The summed E-state index contributed by atoms with van der Waals surface area (Å²) in [6.45, 7) is 5.71. The highest BCUT2D eigenvalue weighted by molar-refractivity contribution is 5.85. The van der Waals surface area contributed by atoms with E-state index in [4.69, 9.17) is 5.11 Å². The van der Waals surface area contributed by atoms with Gasteiger partial charge in [0.25, 0.3) is 0 Å². The number of ketones is 1. The van der Waals surface area contributed by atoms with Gasteiger partial charge in [-0.25, -0.2) is 0 Å². The van der Waals surface area contributed by atoms with E-state index in [1.165, 1.54) is 0 Å². The number of rotatable bonds is 2. The highest BCUT2D eigenvalue weighted by atomic mass is 35.5. The van der Waals surface area contributed by atoms with Crippen LogP contribution in [0.2, 0.25) is 0 Å². The summed E-state index contributed by atoms with van der Waals surface area (Å²) >= 11 is 0. The molecule has 1 N–H and O–H groups in total. The van der Waals surface area contributed by atoms with Gasteiger partial charge in [-0.3, -0.25) is 9.69 Å². The second-order valence-corrected chi connectivity index (χ2v) is 3.51. The van der Waals surface area contributed by atoms with Gasteiger partial charge in [-0.1, -0.05) is 6.92 Å². The van der Waals surface area contributed by atoms with Crippen LogP contribution in [-0.4, -0.2) is 41.5 Å². The Labute approximate surface area is 85.5 Å². The van der Waals surface area contributed by atoms with Crippen LogP contribution in [0.4, 0.5) is 0 Å². The lowest BCUT2D eigenvalue weighted by molar-refractivity contribution is -0.128. The zero-order valence-corrected chi connectivity index (χ0v) is 9.01. The monoisotopic (exact) mass is 207 g/mol. The second kappa shape index (κ2) is 5.58. The summed E-state index contributed by atoms with van der Waals surface area (Å²) in [4.78, 5) is 13.4. The van der Waals surface area contributed by atoms with Crippen molar-refractivity contribution in [2.24, 2.45) is 5.92 Å². The summed E-state index contributed by atoms with van der Waals surface area (Å²) in [5.41, 5.74) is 0. The van der Waals surface area contributed by atoms with Gasteiger partial charge < -0.3 is 5.11 Å². The number of β-amino-alcohol motifs (C(OH)–C–C–N with tert-alkyl or cyclic N) is 1. The number of nitrogens with zero attached hydrogens (tertiary/aromatic N) is 1. The lowest BCUT2D eigenvalue weighted by Crippen LogP contribution is -2.47. The van der Waals surface area contributed by atoms with Crippen molar-refractivity contribution in [3.05, 3.63) is 0 Å². The fourth-order valence-electron chi connectivity index (χ4n) is 1.71. The van der Waals surface area contributed by atoms with Crippen molar-refractivity contribution in [2.45, 2.75) is 26.3 Å². The third-order valence-corrected chi connectivity index (χ3v) is 2.84. The van der Waals surface area contributed by atoms with Crippen molar-refractivity contribution in [1.29, 1.82) is 0 Å². The zero-order chi connectivity index (χ0) is 9.14. The molecule has 13 heavy (non-hydrogen) atoms. The molecule has 0 amide bonds. The number of hydrogen-bond donors (Lipinski definition) is 1. The lowest BCUT2D eigenvalue weighted by atomic mass is 9.91. The summed E-state index contributed by atoms with van der Waals surface area (Å²) in [6, 6.07) is 0.290. The number of aliphatic hydroxyl groups is 1. The molecule has 78 valence electrons. The number of carbonyl (C=O) groups is 1. The van der Waals surface area contributed by atoms with Crippen LogP contribution in [0.1, 0.15) is 20.3 Å². The van der Waals surface area contributed by atoms with Crippen molar-refractivity contribution in [3.8, 4) is 0 Å². The first-order chi connectivity index (χ1) is 5.66. The highest BCUT2D eigenvalue weighted by Crippen LogP contribution is 2.19. The second-order valence-electron chi connectivity index (χ2n) is 3.51. The Bertz CT molecular complexity index is 175. The van der Waals surface area contributed by atoms with Crippen LogP contribution >= 0.6 is 12.4 Å². The molecular weight excluding hydrogens is 190 g/mol. The van der Waals surface area contributed by atoms with E-state index in [2.05, 4.69) is 11.8 Å². The molecule has 2 atom stereocenters. The van der Waals surface area contributed by atoms with Gasteiger partial charge in [0.15, 0.2) is 0 Å². The molecule has 1 aliphatic heterocycles. The fraction of sp³-hybridized carbons (Fsp3) is 0.889. The van der Waals surface area contributed by atoms with Crippen molar-refractivity contribution in [2.75, 3.05) is 19.7 Å². The van der Waals surface area contributed by atoms with Crippen LogP contribution in [0.15, 0.2) is 0 Å². The minimum absolute atomic E-state index is 0. The van der Waals surface area contributed by atoms with Gasteiger partial charge in [-0.05, 0) is 6.92 Å². The number of halogens is 1. The van der Waals surface area contributed by atoms with Crippen molar-refractivity contribution < 1.29 is 9.90 Å². The molecule has 0 aromatic rings. The van der Waals surface area contributed by atoms with Gasteiger partial charge in [-0.2, -0.15) is 0 Å². The molecule has 0 aromatic heterocycles. The van der Waals surface area contributed by atoms with Gasteiger partial charge in [0, 0.05) is 31.5 Å². The average molecular weight is 208 g/mol. The molecule has 1 aliphatic rings. The number of Topliss-reactive ketones (excluding diaryl/α,β-unsaturated/α-hetero) is 1. The largest absolute Gasteiger partial charge is 0.395 e. The third-order valence-electron chi connectivity index (χ3n) is 2.84. The third kappa shape index (κ3) is 2.93. The number of likely N-dealkylation sites (tertiary alicyclic amines) is 1. The first-order valence-electron chi connectivity index (χ1n) is 4.54. The standard InChI is InChI=1S/C9H17NO2.ClH/c1-7-8(2)10(5-6-11)4-3-9(7)12;/h7-8,11H,3-6H2,1-2H3;1H. The Hall–Kier alpha value is -0.120. The SMILES string of the molecule is CC1C(=O)CCN(CCO)C1C.Cl. The van der Waals surface area contributed by atoms with Crippen LogP contribution in [0.5, 0.6) is 0 Å². The molecule has 0 radical (unpaired) electrons. The molecule has 0 saturated carbocycles. The molecule has 0 bridgehead atoms. The van der Waals surface area contributed by atoms with E-state index in [-0.39, 0.29) is 24.9 Å². The van der Waals surface area contributed by atoms with E-state index in [0.717, 1.165) is 6.54 Å². The molecule has 0 aliphatic carbocycles. The van der Waals surface area contributed by atoms with Crippen LogP contribution in [0.25, 0.3) is 0 Å². The van der Waals surface area contributed by atoms with E-state index < -0.39 is 0 Å². The predicted octanol–water partition coefficient (Wildman–Crippen LogP) is 0.700. The lowest BCUT2D eigenvalue weighted by Gasteiger charge is -2.36. The molecular formula is C9H18ClNO2. The van der Waals surface area contributed by atoms with Crippen molar-refractivity contribution in [3.63, 3.8) is 0 Å². The van der Waals surface area contributed by atoms with Crippen molar-refractivity contribution in [1.82, 2.24) is 4.90 Å². The number of hydrogen-bond acceptors (Lipinski definition) is 3. The van der Waals surface area contributed by atoms with Gasteiger partial charge in [0.2, 0.25) is 0 Å². The smallest absolute Gasteiger partial charge is 0.138 e. The molecule has 0 spiro atoms. The van der Waals surface area contributed by atoms with Gasteiger partial charge in [-0.15, -0.1) is 12.4 Å². The number of carbonyl (C=O) groups excluding carboxylic acids is 1. The maximum Gasteiger partial charge on any atom is 0.138 e. The molecule has 1 heterocycles. The summed E-state index contributed by atoms with van der Waals surface area (Å²) in [6.07, 6.45) is 0.644. The molecule has 1 saturated heterocycles. The summed E-state index contributed by atoms with van der Waals surface area (Å²) < 4.78 is 0. The highest BCUT2D eigenvalue weighted by Gasteiger charge is 2.29. The first kappa shape index (κ1) is 12.9. The van der Waals surface area contributed by atoms with Crippen LogP contribution in [0, 0.1) is 5.92 Å². The Morgan fingerprint density at radius 2 is 2.15 bits per heavy atom. The normalized spacial score (nSPS) is 29.9. The minimum Gasteiger partial charge on any atom is -0.395 e. The minimum atomic E-state index is 0. The van der Waals surface area contributed by atoms with Crippen LogP contribution in [0.3, 0.4) is 0 Å². The van der Waals surface area contributed by atoms with E-state index in [1.54, 1.807) is 0 Å². The Kier molecular flexibility index (Phi) is 5.53. The zero-order valence-electron chi connectivity index (χ0n) is 8.19. The van der Waals surface area contributed by atoms with E-state index in [1.807, 2.05) is 6.92 Å². The Morgan fingerprint density at radius 1 is 1.54 bits per heavy atom. The summed E-state index contributed by atoms with van der Waals surface area (Å²) in [5.74, 6) is 0.488. The molecule has 3 nitrogen and oxygen atoms in total. The van der Waals surface area contributed by atoms with Crippen molar-refractivity contribution >= 4 is 18.2 Å².